The third kappa shape index (κ3) is 2.95. The molecular weight excluding hydrogens is 340 g/mol. The van der Waals surface area contributed by atoms with Crippen LogP contribution in [0.1, 0.15) is 36.5 Å². The summed E-state index contributed by atoms with van der Waals surface area (Å²) in [4.78, 5) is 11.5. The van der Waals surface area contributed by atoms with Gasteiger partial charge in [-0.3, -0.25) is 5.43 Å². The SMILES string of the molecule is Cc1nc2n(c1C)NC(CCc1nc(N3CCCC3)n(C)n1)=CN2Cl. The number of nitrogens with zero attached hydrogens (tertiary/aromatic N) is 7. The molecule has 8 nitrogen and oxygen atoms in total. The van der Waals surface area contributed by atoms with Gasteiger partial charge in [0, 0.05) is 44.5 Å². The van der Waals surface area contributed by atoms with Gasteiger partial charge in [0.25, 0.3) is 0 Å². The van der Waals surface area contributed by atoms with Crippen molar-refractivity contribution in [3.8, 4) is 0 Å². The molecule has 0 amide bonds. The van der Waals surface area contributed by atoms with Gasteiger partial charge in [-0.05, 0) is 33.1 Å². The lowest BCUT2D eigenvalue weighted by molar-refractivity contribution is 0.713. The molecule has 2 aliphatic rings. The molecule has 2 aromatic rings. The second kappa shape index (κ2) is 6.25. The quantitative estimate of drug-likeness (QED) is 0.841. The lowest BCUT2D eigenvalue weighted by Gasteiger charge is -2.24. The van der Waals surface area contributed by atoms with Gasteiger partial charge in [0.1, 0.15) is 0 Å². The molecule has 0 bridgehead atoms. The first-order chi connectivity index (χ1) is 12.0. The van der Waals surface area contributed by atoms with Crippen LogP contribution < -0.4 is 14.7 Å². The van der Waals surface area contributed by atoms with Crippen molar-refractivity contribution in [3.63, 3.8) is 0 Å². The van der Waals surface area contributed by atoms with Crippen LogP contribution in [0.25, 0.3) is 0 Å². The fraction of sp³-hybridized carbons (Fsp3) is 0.562. The Kier molecular flexibility index (Phi) is 4.07. The lowest BCUT2D eigenvalue weighted by atomic mass is 10.2. The fourth-order valence-electron chi connectivity index (χ4n) is 3.33. The maximum absolute atomic E-state index is 6.32. The Bertz CT molecular complexity index is 814. The van der Waals surface area contributed by atoms with E-state index >= 15 is 0 Å². The minimum absolute atomic E-state index is 0.688. The van der Waals surface area contributed by atoms with E-state index in [0.29, 0.717) is 5.95 Å². The summed E-state index contributed by atoms with van der Waals surface area (Å²) < 4.78 is 5.34. The zero-order valence-corrected chi connectivity index (χ0v) is 15.6. The van der Waals surface area contributed by atoms with E-state index in [2.05, 4.69) is 20.4 Å². The molecule has 0 saturated carbocycles. The normalized spacial score (nSPS) is 16.9. The molecule has 0 spiro atoms. The molecule has 4 rings (SSSR count). The predicted octanol–water partition coefficient (Wildman–Crippen LogP) is 2.22. The van der Waals surface area contributed by atoms with Crippen LogP contribution in [-0.4, -0.2) is 37.5 Å². The Labute approximate surface area is 152 Å². The monoisotopic (exact) mass is 362 g/mol. The summed E-state index contributed by atoms with van der Waals surface area (Å²) in [5.41, 5.74) is 6.41. The lowest BCUT2D eigenvalue weighted by Crippen LogP contribution is -2.26. The molecular formula is C16H23ClN8. The smallest absolute Gasteiger partial charge is 0.244 e. The van der Waals surface area contributed by atoms with Crippen LogP contribution in [0.3, 0.4) is 0 Å². The first-order valence-corrected chi connectivity index (χ1v) is 9.00. The van der Waals surface area contributed by atoms with Crippen LogP contribution in [0.2, 0.25) is 0 Å². The van der Waals surface area contributed by atoms with Crippen LogP contribution in [0.4, 0.5) is 11.9 Å². The van der Waals surface area contributed by atoms with E-state index in [1.165, 1.54) is 17.3 Å². The maximum atomic E-state index is 6.32. The summed E-state index contributed by atoms with van der Waals surface area (Å²) >= 11 is 6.32. The van der Waals surface area contributed by atoms with E-state index < -0.39 is 0 Å². The standard InChI is InChI=1S/C16H23ClN8/c1-11-12(2)25-16(18-11)24(17)10-13(20-25)6-7-14-19-15(22(3)21-14)23-8-4-5-9-23/h10,20H,4-9H2,1-3H3. The second-order valence-electron chi connectivity index (χ2n) is 6.64. The third-order valence-corrected chi connectivity index (χ3v) is 5.08. The minimum Gasteiger partial charge on any atom is -0.341 e. The topological polar surface area (TPSA) is 67.0 Å². The Morgan fingerprint density at radius 3 is 2.64 bits per heavy atom. The molecule has 4 heterocycles. The number of imidazole rings is 1. The Morgan fingerprint density at radius 2 is 1.88 bits per heavy atom. The molecule has 1 fully saturated rings. The number of halogens is 1. The zero-order chi connectivity index (χ0) is 17.6. The van der Waals surface area contributed by atoms with Crippen LogP contribution in [0.5, 0.6) is 0 Å². The Morgan fingerprint density at radius 1 is 1.12 bits per heavy atom. The molecule has 0 atom stereocenters. The summed E-state index contributed by atoms with van der Waals surface area (Å²) in [6.45, 7) is 6.14. The van der Waals surface area contributed by atoms with Gasteiger partial charge in [-0.15, -0.1) is 0 Å². The van der Waals surface area contributed by atoms with Crippen LogP contribution >= 0.6 is 11.8 Å². The van der Waals surface area contributed by atoms with E-state index in [1.807, 2.05) is 36.5 Å². The number of hydrogen-bond acceptors (Lipinski definition) is 6. The van der Waals surface area contributed by atoms with Crippen molar-refractivity contribution in [2.45, 2.75) is 39.5 Å². The van der Waals surface area contributed by atoms with E-state index in [9.17, 15) is 0 Å². The molecule has 1 saturated heterocycles. The van der Waals surface area contributed by atoms with Gasteiger partial charge in [0.05, 0.1) is 17.1 Å². The highest BCUT2D eigenvalue weighted by atomic mass is 35.5. The molecule has 2 aromatic heterocycles. The van der Waals surface area contributed by atoms with Gasteiger partial charge in [0.2, 0.25) is 11.9 Å². The number of allylic oxidation sites excluding steroid dienone is 1. The van der Waals surface area contributed by atoms with Gasteiger partial charge in [-0.25, -0.2) is 18.8 Å². The van der Waals surface area contributed by atoms with Gasteiger partial charge in [0.15, 0.2) is 5.82 Å². The molecule has 2 aliphatic heterocycles. The van der Waals surface area contributed by atoms with E-state index in [4.69, 9.17) is 16.8 Å². The summed E-state index contributed by atoms with van der Waals surface area (Å²) in [7, 11) is 1.96. The van der Waals surface area contributed by atoms with Crippen molar-refractivity contribution in [2.75, 3.05) is 27.8 Å². The molecule has 0 aromatic carbocycles. The predicted molar refractivity (Wildman–Crippen MR) is 98.2 cm³/mol. The number of aryl methyl sites for hydroxylation is 3. The van der Waals surface area contributed by atoms with Crippen molar-refractivity contribution in [1.29, 1.82) is 0 Å². The molecule has 0 aliphatic carbocycles. The summed E-state index contributed by atoms with van der Waals surface area (Å²) in [5.74, 6) is 2.52. The number of aromatic nitrogens is 5. The Balaban J connectivity index is 1.45. The summed E-state index contributed by atoms with van der Waals surface area (Å²) in [6.07, 6.45) is 5.87. The number of nitrogens with one attached hydrogen (secondary N) is 1. The van der Waals surface area contributed by atoms with E-state index in [1.54, 1.807) is 0 Å². The summed E-state index contributed by atoms with van der Waals surface area (Å²) in [6, 6.07) is 0. The molecule has 9 heteroatoms. The largest absolute Gasteiger partial charge is 0.341 e. The number of hydrogen-bond donors (Lipinski definition) is 1. The summed E-state index contributed by atoms with van der Waals surface area (Å²) in [5, 5.41) is 4.57. The highest BCUT2D eigenvalue weighted by Crippen LogP contribution is 2.26. The van der Waals surface area contributed by atoms with Crippen molar-refractivity contribution in [1.82, 2.24) is 24.4 Å². The van der Waals surface area contributed by atoms with Crippen molar-refractivity contribution < 1.29 is 0 Å². The highest BCUT2D eigenvalue weighted by molar-refractivity contribution is 6.26. The molecule has 25 heavy (non-hydrogen) atoms. The average Bonchev–Trinajstić information content (AvgIpc) is 3.28. The van der Waals surface area contributed by atoms with Gasteiger partial charge in [-0.2, -0.15) is 10.1 Å². The van der Waals surface area contributed by atoms with Crippen molar-refractivity contribution in [3.05, 3.63) is 29.1 Å². The third-order valence-electron chi connectivity index (χ3n) is 4.83. The van der Waals surface area contributed by atoms with Crippen molar-refractivity contribution >= 4 is 23.7 Å². The van der Waals surface area contributed by atoms with Crippen molar-refractivity contribution in [2.24, 2.45) is 7.05 Å². The molecule has 0 unspecified atom stereocenters. The average molecular weight is 363 g/mol. The Hall–Kier alpha value is -2.22. The zero-order valence-electron chi connectivity index (χ0n) is 14.8. The number of rotatable bonds is 4. The highest BCUT2D eigenvalue weighted by Gasteiger charge is 2.22. The van der Waals surface area contributed by atoms with E-state index in [0.717, 1.165) is 54.8 Å². The number of fused-ring (bicyclic) bond motifs is 1. The number of anilines is 2. The van der Waals surface area contributed by atoms with Gasteiger partial charge < -0.3 is 4.90 Å². The van der Waals surface area contributed by atoms with Crippen LogP contribution in [-0.2, 0) is 13.5 Å². The van der Waals surface area contributed by atoms with E-state index in [-0.39, 0.29) is 0 Å². The fourth-order valence-corrected chi connectivity index (χ4v) is 3.56. The molecule has 1 N–H and O–H groups in total. The maximum Gasteiger partial charge on any atom is 0.244 e. The second-order valence-corrected chi connectivity index (χ2v) is 7.01. The van der Waals surface area contributed by atoms with Gasteiger partial charge >= 0.3 is 0 Å². The molecule has 0 radical (unpaired) electrons. The minimum atomic E-state index is 0.688. The molecule has 134 valence electrons. The van der Waals surface area contributed by atoms with Crippen LogP contribution in [0.15, 0.2) is 11.9 Å². The first kappa shape index (κ1) is 16.3. The van der Waals surface area contributed by atoms with Gasteiger partial charge in [-0.1, -0.05) is 0 Å². The first-order valence-electron chi connectivity index (χ1n) is 8.66. The van der Waals surface area contributed by atoms with Crippen LogP contribution in [0, 0.1) is 13.8 Å².